The van der Waals surface area contributed by atoms with E-state index in [0.29, 0.717) is 28.6 Å². The van der Waals surface area contributed by atoms with Gasteiger partial charge in [0.1, 0.15) is 5.75 Å². The summed E-state index contributed by atoms with van der Waals surface area (Å²) in [4.78, 5) is 14.4. The third-order valence-corrected chi connectivity index (χ3v) is 4.24. The van der Waals surface area contributed by atoms with Gasteiger partial charge in [-0.3, -0.25) is 4.79 Å². The lowest BCUT2D eigenvalue weighted by molar-refractivity contribution is 0.0935. The molecule has 6 heteroatoms. The van der Waals surface area contributed by atoms with Gasteiger partial charge in [0.2, 0.25) is 0 Å². The molecular formula is C14H20ClN3O2. The summed E-state index contributed by atoms with van der Waals surface area (Å²) in [6.45, 7) is 0.615. The fourth-order valence-electron chi connectivity index (χ4n) is 2.18. The lowest BCUT2D eigenvalue weighted by Crippen LogP contribution is -2.42. The number of nitrogen functional groups attached to an aromatic ring is 1. The van der Waals surface area contributed by atoms with E-state index in [-0.39, 0.29) is 11.4 Å². The van der Waals surface area contributed by atoms with Crippen LogP contribution < -0.4 is 15.8 Å². The van der Waals surface area contributed by atoms with Gasteiger partial charge in [-0.05, 0) is 33.0 Å². The van der Waals surface area contributed by atoms with Crippen molar-refractivity contribution in [3.05, 3.63) is 22.7 Å². The van der Waals surface area contributed by atoms with Gasteiger partial charge >= 0.3 is 0 Å². The number of likely N-dealkylation sites (N-methyl/N-ethyl adjacent to an activating group) is 1. The predicted octanol–water partition coefficient (Wildman–Crippen LogP) is 1.75. The smallest absolute Gasteiger partial charge is 0.255 e. The fourth-order valence-corrected chi connectivity index (χ4v) is 2.35. The van der Waals surface area contributed by atoms with Gasteiger partial charge in [0.25, 0.3) is 5.91 Å². The molecule has 1 aliphatic rings. The highest BCUT2D eigenvalue weighted by atomic mass is 35.5. The highest BCUT2D eigenvalue weighted by Crippen LogP contribution is 2.39. The number of nitrogens with two attached hydrogens (primary N) is 1. The maximum atomic E-state index is 12.3. The molecule has 0 atom stereocenters. The van der Waals surface area contributed by atoms with E-state index in [1.807, 2.05) is 14.1 Å². The molecule has 1 aromatic carbocycles. The maximum Gasteiger partial charge on any atom is 0.255 e. The largest absolute Gasteiger partial charge is 0.496 e. The van der Waals surface area contributed by atoms with Crippen molar-refractivity contribution >= 4 is 23.2 Å². The van der Waals surface area contributed by atoms with E-state index in [9.17, 15) is 4.79 Å². The van der Waals surface area contributed by atoms with Crippen LogP contribution in [-0.4, -0.2) is 44.1 Å². The zero-order valence-corrected chi connectivity index (χ0v) is 12.8. The minimum absolute atomic E-state index is 0.0977. The van der Waals surface area contributed by atoms with Crippen LogP contribution in [0, 0.1) is 0 Å². The molecule has 0 aromatic heterocycles. The normalized spacial score (nSPS) is 16.1. The van der Waals surface area contributed by atoms with Crippen LogP contribution in [0.3, 0.4) is 0 Å². The molecule has 0 aliphatic heterocycles. The van der Waals surface area contributed by atoms with Crippen LogP contribution in [-0.2, 0) is 0 Å². The third-order valence-electron chi connectivity index (χ3n) is 3.92. The number of carbonyl (C=O) groups is 1. The van der Waals surface area contributed by atoms with E-state index in [1.165, 1.54) is 7.11 Å². The van der Waals surface area contributed by atoms with Crippen molar-refractivity contribution in [2.75, 3.05) is 33.5 Å². The summed E-state index contributed by atoms with van der Waals surface area (Å²) in [6.07, 6.45) is 2.19. The topological polar surface area (TPSA) is 67.6 Å². The number of hydrogen-bond donors (Lipinski definition) is 2. The van der Waals surface area contributed by atoms with Crippen LogP contribution in [0.15, 0.2) is 12.1 Å². The van der Waals surface area contributed by atoms with Crippen molar-refractivity contribution in [3.8, 4) is 5.75 Å². The van der Waals surface area contributed by atoms with Gasteiger partial charge in [-0.1, -0.05) is 11.6 Å². The van der Waals surface area contributed by atoms with Crippen molar-refractivity contribution in [2.45, 2.75) is 18.4 Å². The monoisotopic (exact) mass is 297 g/mol. The quantitative estimate of drug-likeness (QED) is 0.813. The van der Waals surface area contributed by atoms with Gasteiger partial charge in [0.05, 0.1) is 23.4 Å². The zero-order chi connectivity index (χ0) is 14.9. The molecule has 3 N–H and O–H groups in total. The van der Waals surface area contributed by atoms with Gasteiger partial charge < -0.3 is 20.7 Å². The minimum Gasteiger partial charge on any atom is -0.496 e. The summed E-state index contributed by atoms with van der Waals surface area (Å²) in [5.41, 5.74) is 6.60. The Morgan fingerprint density at radius 2 is 2.15 bits per heavy atom. The summed E-state index contributed by atoms with van der Waals surface area (Å²) in [5, 5.41) is 3.30. The van der Waals surface area contributed by atoms with Crippen LogP contribution in [0.25, 0.3) is 0 Å². The first kappa shape index (κ1) is 14.9. The molecule has 0 unspecified atom stereocenters. The van der Waals surface area contributed by atoms with Crippen LogP contribution >= 0.6 is 11.6 Å². The predicted molar refractivity (Wildman–Crippen MR) is 80.4 cm³/mol. The van der Waals surface area contributed by atoms with Gasteiger partial charge in [0, 0.05) is 18.2 Å². The lowest BCUT2D eigenvalue weighted by atomic mass is 10.1. The second kappa shape index (κ2) is 5.50. The van der Waals surface area contributed by atoms with Gasteiger partial charge in [-0.15, -0.1) is 0 Å². The number of methoxy groups -OCH3 is 1. The molecular weight excluding hydrogens is 278 g/mol. The number of carbonyl (C=O) groups excluding carboxylic acids is 1. The molecule has 20 heavy (non-hydrogen) atoms. The Labute approximate surface area is 124 Å². The Bertz CT molecular complexity index is 527. The molecule has 1 aromatic rings. The number of ether oxygens (including phenoxy) is 1. The Hall–Kier alpha value is -1.46. The molecule has 0 spiro atoms. The number of benzene rings is 1. The average molecular weight is 298 g/mol. The SMILES string of the molecule is COc1cc(N)c(Cl)cc1C(=O)NCC1(N(C)C)CC1. The summed E-state index contributed by atoms with van der Waals surface area (Å²) < 4.78 is 5.19. The second-order valence-electron chi connectivity index (χ2n) is 5.38. The molecule has 1 fully saturated rings. The first-order valence-corrected chi connectivity index (χ1v) is 6.86. The maximum absolute atomic E-state index is 12.3. The number of anilines is 1. The average Bonchev–Trinajstić information content (AvgIpc) is 3.20. The summed E-state index contributed by atoms with van der Waals surface area (Å²) in [5.74, 6) is 0.232. The van der Waals surface area contributed by atoms with E-state index >= 15 is 0 Å². The van der Waals surface area contributed by atoms with E-state index < -0.39 is 0 Å². The van der Waals surface area contributed by atoms with Crippen LogP contribution in [0.5, 0.6) is 5.75 Å². The van der Waals surface area contributed by atoms with Gasteiger partial charge in [-0.2, -0.15) is 0 Å². The summed E-state index contributed by atoms with van der Waals surface area (Å²) >= 11 is 5.97. The number of halogens is 1. The van der Waals surface area contributed by atoms with Gasteiger partial charge in [-0.25, -0.2) is 0 Å². The van der Waals surface area contributed by atoms with Crippen LogP contribution in [0.1, 0.15) is 23.2 Å². The second-order valence-corrected chi connectivity index (χ2v) is 5.78. The number of nitrogens with zero attached hydrogens (tertiary/aromatic N) is 1. The molecule has 2 rings (SSSR count). The molecule has 1 aliphatic carbocycles. The molecule has 5 nitrogen and oxygen atoms in total. The van der Waals surface area contributed by atoms with E-state index in [4.69, 9.17) is 22.1 Å². The Balaban J connectivity index is 2.11. The molecule has 1 amide bonds. The van der Waals surface area contributed by atoms with Crippen LogP contribution in [0.2, 0.25) is 5.02 Å². The Kier molecular flexibility index (Phi) is 4.11. The zero-order valence-electron chi connectivity index (χ0n) is 12.0. The third kappa shape index (κ3) is 2.83. The summed E-state index contributed by atoms with van der Waals surface area (Å²) in [6, 6.07) is 3.11. The van der Waals surface area contributed by atoms with Crippen molar-refractivity contribution in [2.24, 2.45) is 0 Å². The molecule has 0 saturated heterocycles. The molecule has 0 radical (unpaired) electrons. The van der Waals surface area contributed by atoms with E-state index in [2.05, 4.69) is 10.2 Å². The number of amides is 1. The molecule has 0 heterocycles. The highest BCUT2D eigenvalue weighted by molar-refractivity contribution is 6.33. The number of nitrogens with one attached hydrogen (secondary N) is 1. The molecule has 110 valence electrons. The van der Waals surface area contributed by atoms with E-state index in [0.717, 1.165) is 12.8 Å². The summed E-state index contributed by atoms with van der Waals surface area (Å²) in [7, 11) is 5.56. The van der Waals surface area contributed by atoms with Crippen molar-refractivity contribution in [3.63, 3.8) is 0 Å². The first-order valence-electron chi connectivity index (χ1n) is 6.48. The fraction of sp³-hybridized carbons (Fsp3) is 0.500. The first-order chi connectivity index (χ1) is 9.39. The van der Waals surface area contributed by atoms with Crippen LogP contribution in [0.4, 0.5) is 5.69 Å². The Morgan fingerprint density at radius 3 is 2.65 bits per heavy atom. The lowest BCUT2D eigenvalue weighted by Gasteiger charge is -2.24. The van der Waals surface area contributed by atoms with Gasteiger partial charge in [0.15, 0.2) is 0 Å². The minimum atomic E-state index is -0.197. The highest BCUT2D eigenvalue weighted by Gasteiger charge is 2.44. The standard InChI is InChI=1S/C14H20ClN3O2/c1-18(2)14(4-5-14)8-17-13(19)9-6-10(15)11(16)7-12(9)20-3/h6-7H,4-5,8,16H2,1-3H3,(H,17,19). The molecule has 0 bridgehead atoms. The van der Waals surface area contributed by atoms with Crippen molar-refractivity contribution in [1.29, 1.82) is 0 Å². The Morgan fingerprint density at radius 1 is 1.50 bits per heavy atom. The van der Waals surface area contributed by atoms with Crippen molar-refractivity contribution in [1.82, 2.24) is 10.2 Å². The number of hydrogen-bond acceptors (Lipinski definition) is 4. The molecule has 1 saturated carbocycles. The van der Waals surface area contributed by atoms with Crippen molar-refractivity contribution < 1.29 is 9.53 Å². The van der Waals surface area contributed by atoms with E-state index in [1.54, 1.807) is 12.1 Å². The number of rotatable bonds is 5.